The molecule has 0 radical (unpaired) electrons. The second-order valence-electron chi connectivity index (χ2n) is 6.88. The van der Waals surface area contributed by atoms with E-state index in [-0.39, 0.29) is 24.4 Å². The van der Waals surface area contributed by atoms with Crippen molar-refractivity contribution in [1.82, 2.24) is 15.0 Å². The van der Waals surface area contributed by atoms with Crippen LogP contribution in [0.25, 0.3) is 0 Å². The lowest BCUT2D eigenvalue weighted by Gasteiger charge is -2.29. The molecule has 25 heavy (non-hydrogen) atoms. The molecule has 3 heterocycles. The van der Waals surface area contributed by atoms with E-state index >= 15 is 0 Å². The number of amides is 1. The number of anilines is 1. The van der Waals surface area contributed by atoms with E-state index in [1.165, 1.54) is 0 Å². The number of aliphatic hydroxyl groups is 1. The zero-order chi connectivity index (χ0) is 17.4. The van der Waals surface area contributed by atoms with Gasteiger partial charge in [-0.15, -0.1) is 0 Å². The van der Waals surface area contributed by atoms with Gasteiger partial charge in [-0.1, -0.05) is 23.4 Å². The third kappa shape index (κ3) is 2.89. The number of carbonyl (C=O) groups excluding carboxylic acids is 1. The molecule has 1 N–H and O–H groups in total. The number of hydrogen-bond acceptors (Lipinski definition) is 6. The number of likely N-dealkylation sites (tertiary alicyclic amines) is 1. The van der Waals surface area contributed by atoms with Crippen LogP contribution < -0.4 is 4.90 Å². The standard InChI is InChI=1S/C18H22N4O3/c1-13-19-17(25-20-13)18(24)9-11-21(12-18)16(23)15-8-5-10-22(15)14-6-3-2-4-7-14/h2-4,6-7,15,24H,5,8-12H2,1H3/t15-,18+/m1/s1. The molecule has 0 aliphatic carbocycles. The first-order valence-electron chi connectivity index (χ1n) is 8.70. The van der Waals surface area contributed by atoms with Gasteiger partial charge in [0.2, 0.25) is 5.91 Å². The maximum atomic E-state index is 13.1. The van der Waals surface area contributed by atoms with Crippen LogP contribution in [0.4, 0.5) is 5.69 Å². The van der Waals surface area contributed by atoms with Crippen molar-refractivity contribution in [3.05, 3.63) is 42.0 Å². The predicted molar refractivity (Wildman–Crippen MR) is 90.9 cm³/mol. The summed E-state index contributed by atoms with van der Waals surface area (Å²) in [5.41, 5.74) is -0.173. The van der Waals surface area contributed by atoms with Crippen molar-refractivity contribution in [2.24, 2.45) is 0 Å². The van der Waals surface area contributed by atoms with Crippen LogP contribution in [0, 0.1) is 6.92 Å². The summed E-state index contributed by atoms with van der Waals surface area (Å²) >= 11 is 0. The highest BCUT2D eigenvalue weighted by atomic mass is 16.5. The molecule has 7 nitrogen and oxygen atoms in total. The van der Waals surface area contributed by atoms with Crippen molar-refractivity contribution >= 4 is 11.6 Å². The Kier molecular flexibility index (Phi) is 3.95. The van der Waals surface area contributed by atoms with Gasteiger partial charge in [0.1, 0.15) is 6.04 Å². The Hall–Kier alpha value is -2.41. The van der Waals surface area contributed by atoms with Crippen molar-refractivity contribution in [1.29, 1.82) is 0 Å². The van der Waals surface area contributed by atoms with Crippen LogP contribution in [0.15, 0.2) is 34.9 Å². The largest absolute Gasteiger partial charge is 0.378 e. The van der Waals surface area contributed by atoms with Gasteiger partial charge in [0.05, 0.1) is 6.54 Å². The van der Waals surface area contributed by atoms with Crippen LogP contribution in [0.3, 0.4) is 0 Å². The summed E-state index contributed by atoms with van der Waals surface area (Å²) in [4.78, 5) is 21.1. The van der Waals surface area contributed by atoms with Gasteiger partial charge in [-0.05, 0) is 31.9 Å². The number of para-hydroxylation sites is 1. The van der Waals surface area contributed by atoms with Crippen molar-refractivity contribution < 1.29 is 14.4 Å². The Morgan fingerprint density at radius 1 is 1.32 bits per heavy atom. The van der Waals surface area contributed by atoms with Crippen LogP contribution >= 0.6 is 0 Å². The first kappa shape index (κ1) is 16.1. The smallest absolute Gasteiger partial charge is 0.260 e. The molecular formula is C18H22N4O3. The topological polar surface area (TPSA) is 82.7 Å². The average molecular weight is 342 g/mol. The fourth-order valence-corrected chi connectivity index (χ4v) is 3.81. The van der Waals surface area contributed by atoms with E-state index < -0.39 is 5.60 Å². The van der Waals surface area contributed by atoms with Gasteiger partial charge in [-0.25, -0.2) is 0 Å². The summed E-state index contributed by atoms with van der Waals surface area (Å²) in [5.74, 6) is 0.749. The Morgan fingerprint density at radius 3 is 2.84 bits per heavy atom. The molecule has 2 aliphatic rings. The van der Waals surface area contributed by atoms with Crippen molar-refractivity contribution in [2.75, 3.05) is 24.5 Å². The predicted octanol–water partition coefficient (Wildman–Crippen LogP) is 1.47. The molecular weight excluding hydrogens is 320 g/mol. The Bertz CT molecular complexity index is 763. The van der Waals surface area contributed by atoms with Crippen LogP contribution in [0.5, 0.6) is 0 Å². The van der Waals surface area contributed by atoms with E-state index in [0.29, 0.717) is 18.8 Å². The Balaban J connectivity index is 1.50. The van der Waals surface area contributed by atoms with Crippen LogP contribution in [-0.2, 0) is 10.4 Å². The first-order valence-corrected chi connectivity index (χ1v) is 8.70. The summed E-state index contributed by atoms with van der Waals surface area (Å²) in [5, 5.41) is 14.6. The zero-order valence-corrected chi connectivity index (χ0v) is 14.3. The van der Waals surface area contributed by atoms with E-state index in [0.717, 1.165) is 25.1 Å². The molecule has 2 saturated heterocycles. The summed E-state index contributed by atoms with van der Waals surface area (Å²) in [6.45, 7) is 3.29. The quantitative estimate of drug-likeness (QED) is 0.909. The summed E-state index contributed by atoms with van der Waals surface area (Å²) in [7, 11) is 0. The number of β-amino-alcohol motifs (C(OH)–C–C–N with tert-alkyl or cyclic N) is 1. The number of hydrogen-bond donors (Lipinski definition) is 1. The minimum absolute atomic E-state index is 0.0634. The third-order valence-corrected chi connectivity index (χ3v) is 5.11. The zero-order valence-electron chi connectivity index (χ0n) is 14.3. The van der Waals surface area contributed by atoms with Gasteiger partial charge >= 0.3 is 0 Å². The average Bonchev–Trinajstić information content (AvgIpc) is 3.35. The molecule has 2 aliphatic heterocycles. The van der Waals surface area contributed by atoms with Crippen molar-refractivity contribution in [3.8, 4) is 0 Å². The number of aromatic nitrogens is 2. The molecule has 0 spiro atoms. The highest BCUT2D eigenvalue weighted by molar-refractivity contribution is 5.86. The lowest BCUT2D eigenvalue weighted by Crippen LogP contribution is -2.46. The first-order chi connectivity index (χ1) is 12.1. The third-order valence-electron chi connectivity index (χ3n) is 5.11. The lowest BCUT2D eigenvalue weighted by atomic mass is 10.0. The molecule has 4 rings (SSSR count). The van der Waals surface area contributed by atoms with Crippen molar-refractivity contribution in [3.63, 3.8) is 0 Å². The van der Waals surface area contributed by atoms with Crippen molar-refractivity contribution in [2.45, 2.75) is 37.8 Å². The fourth-order valence-electron chi connectivity index (χ4n) is 3.81. The normalized spacial score (nSPS) is 26.4. The second kappa shape index (κ2) is 6.15. The molecule has 2 fully saturated rings. The Labute approximate surface area is 146 Å². The van der Waals surface area contributed by atoms with Gasteiger partial charge in [-0.2, -0.15) is 4.98 Å². The maximum Gasteiger partial charge on any atom is 0.260 e. The van der Waals surface area contributed by atoms with Crippen LogP contribution in [-0.4, -0.2) is 51.7 Å². The van der Waals surface area contributed by atoms with Gasteiger partial charge in [-0.3, -0.25) is 4.79 Å². The SMILES string of the molecule is Cc1noc([C@]2(O)CCN(C(=O)[C@H]3CCCN3c3ccccc3)C2)n1. The fraction of sp³-hybridized carbons (Fsp3) is 0.500. The maximum absolute atomic E-state index is 13.1. The minimum atomic E-state index is -1.24. The van der Waals surface area contributed by atoms with Gasteiger partial charge in [0.15, 0.2) is 11.4 Å². The number of aryl methyl sites for hydroxylation is 1. The van der Waals surface area contributed by atoms with Crippen LogP contribution in [0.1, 0.15) is 31.0 Å². The Morgan fingerprint density at radius 2 is 2.12 bits per heavy atom. The number of rotatable bonds is 3. The monoisotopic (exact) mass is 342 g/mol. The van der Waals surface area contributed by atoms with Gasteiger partial charge in [0.25, 0.3) is 5.89 Å². The number of carbonyl (C=O) groups is 1. The van der Waals surface area contributed by atoms with E-state index in [9.17, 15) is 9.90 Å². The molecule has 1 amide bonds. The molecule has 2 aromatic rings. The van der Waals surface area contributed by atoms with E-state index in [2.05, 4.69) is 15.0 Å². The molecule has 7 heteroatoms. The summed E-state index contributed by atoms with van der Waals surface area (Å²) in [6, 6.07) is 9.85. The van der Waals surface area contributed by atoms with E-state index in [1.54, 1.807) is 11.8 Å². The molecule has 1 aromatic carbocycles. The van der Waals surface area contributed by atoms with E-state index in [1.807, 2.05) is 30.3 Å². The van der Waals surface area contributed by atoms with Gasteiger partial charge < -0.3 is 19.4 Å². The molecule has 0 bridgehead atoms. The molecule has 132 valence electrons. The minimum Gasteiger partial charge on any atom is -0.378 e. The molecule has 0 unspecified atom stereocenters. The molecule has 1 aromatic heterocycles. The van der Waals surface area contributed by atoms with E-state index in [4.69, 9.17) is 4.52 Å². The van der Waals surface area contributed by atoms with Crippen LogP contribution in [0.2, 0.25) is 0 Å². The lowest BCUT2D eigenvalue weighted by molar-refractivity contribution is -0.132. The molecule has 0 saturated carbocycles. The second-order valence-corrected chi connectivity index (χ2v) is 6.88. The molecule has 2 atom stereocenters. The highest BCUT2D eigenvalue weighted by Crippen LogP contribution is 2.33. The number of benzene rings is 1. The highest BCUT2D eigenvalue weighted by Gasteiger charge is 2.46. The van der Waals surface area contributed by atoms with Gasteiger partial charge in [0, 0.05) is 25.2 Å². The summed E-state index contributed by atoms with van der Waals surface area (Å²) < 4.78 is 5.14. The number of nitrogens with zero attached hydrogens (tertiary/aromatic N) is 4. The summed E-state index contributed by atoms with van der Waals surface area (Å²) in [6.07, 6.45) is 2.24.